The molecule has 0 bridgehead atoms. The SMILES string of the molecule is N#CC1=CC=CCC1Sc1ccccc1NC(=O)N1N=C(c2cccnc2)CC1c1ccccc1O. The number of allylic oxidation sites excluding steroid dienone is 3. The largest absolute Gasteiger partial charge is 0.508 e. The van der Waals surface area contributed by atoms with E-state index in [4.69, 9.17) is 0 Å². The smallest absolute Gasteiger partial charge is 0.342 e. The summed E-state index contributed by atoms with van der Waals surface area (Å²) in [6.45, 7) is 0. The first kappa shape index (κ1) is 23.4. The molecule has 7 nitrogen and oxygen atoms in total. The van der Waals surface area contributed by atoms with Gasteiger partial charge in [0.05, 0.1) is 23.5 Å². The minimum absolute atomic E-state index is 0.0194. The number of nitrogens with zero attached hydrogens (tertiary/aromatic N) is 4. The van der Waals surface area contributed by atoms with Gasteiger partial charge in [0.25, 0.3) is 0 Å². The molecule has 1 aromatic heterocycles. The Labute approximate surface area is 213 Å². The normalized spacial score (nSPS) is 18.8. The van der Waals surface area contributed by atoms with Crippen LogP contribution >= 0.6 is 11.8 Å². The Morgan fingerprint density at radius 2 is 1.97 bits per heavy atom. The molecule has 2 heterocycles. The molecule has 3 aromatic rings. The van der Waals surface area contributed by atoms with Crippen molar-refractivity contribution in [2.45, 2.75) is 29.0 Å². The van der Waals surface area contributed by atoms with Crippen molar-refractivity contribution in [1.82, 2.24) is 9.99 Å². The van der Waals surface area contributed by atoms with E-state index in [2.05, 4.69) is 21.5 Å². The number of pyridine rings is 1. The fourth-order valence-electron chi connectivity index (χ4n) is 4.24. The number of aromatic nitrogens is 1. The molecule has 8 heteroatoms. The summed E-state index contributed by atoms with van der Waals surface area (Å²) in [4.78, 5) is 18.6. The highest BCUT2D eigenvalue weighted by Gasteiger charge is 2.35. The van der Waals surface area contributed by atoms with E-state index in [0.29, 0.717) is 29.0 Å². The number of hydrazone groups is 1. The number of thioether (sulfide) groups is 1. The van der Waals surface area contributed by atoms with Crippen molar-refractivity contribution in [2.24, 2.45) is 5.10 Å². The topological polar surface area (TPSA) is 102 Å². The van der Waals surface area contributed by atoms with Crippen molar-refractivity contribution in [1.29, 1.82) is 5.26 Å². The number of carbonyl (C=O) groups is 1. The van der Waals surface area contributed by atoms with Crippen LogP contribution in [-0.2, 0) is 0 Å². The number of benzene rings is 2. The second-order valence-electron chi connectivity index (χ2n) is 8.34. The minimum Gasteiger partial charge on any atom is -0.508 e. The predicted molar refractivity (Wildman–Crippen MR) is 141 cm³/mol. The number of amides is 2. The molecule has 5 rings (SSSR count). The van der Waals surface area contributed by atoms with Gasteiger partial charge in [-0.3, -0.25) is 4.98 Å². The highest BCUT2D eigenvalue weighted by molar-refractivity contribution is 8.00. The van der Waals surface area contributed by atoms with Gasteiger partial charge >= 0.3 is 6.03 Å². The second-order valence-corrected chi connectivity index (χ2v) is 9.59. The van der Waals surface area contributed by atoms with Crippen molar-refractivity contribution >= 4 is 29.2 Å². The molecule has 2 amide bonds. The number of aromatic hydroxyl groups is 1. The maximum atomic E-state index is 13.6. The fourth-order valence-corrected chi connectivity index (χ4v) is 5.42. The first-order chi connectivity index (χ1) is 17.6. The second kappa shape index (κ2) is 10.5. The minimum atomic E-state index is -0.474. The Hall–Kier alpha value is -4.35. The summed E-state index contributed by atoms with van der Waals surface area (Å²) in [5, 5.41) is 29.0. The maximum absolute atomic E-state index is 13.6. The molecule has 0 radical (unpaired) electrons. The number of hydrogen-bond donors (Lipinski definition) is 2. The first-order valence-corrected chi connectivity index (χ1v) is 12.4. The Morgan fingerprint density at radius 3 is 2.78 bits per heavy atom. The van der Waals surface area contributed by atoms with Gasteiger partial charge in [0, 0.05) is 45.7 Å². The number of hydrogen-bond acceptors (Lipinski definition) is 6. The number of nitriles is 1. The molecule has 2 aliphatic rings. The van der Waals surface area contributed by atoms with E-state index in [1.54, 1.807) is 42.4 Å². The number of para-hydroxylation sites is 2. The maximum Gasteiger partial charge on any atom is 0.342 e. The lowest BCUT2D eigenvalue weighted by Crippen LogP contribution is -2.31. The lowest BCUT2D eigenvalue weighted by atomic mass is 9.98. The van der Waals surface area contributed by atoms with Crippen LogP contribution in [0.3, 0.4) is 0 Å². The van der Waals surface area contributed by atoms with Crippen LogP contribution in [0.5, 0.6) is 5.75 Å². The summed E-state index contributed by atoms with van der Waals surface area (Å²) in [6.07, 6.45) is 10.4. The third-order valence-corrected chi connectivity index (χ3v) is 7.39. The Bertz CT molecular complexity index is 1410. The highest BCUT2D eigenvalue weighted by Crippen LogP contribution is 2.39. The molecule has 0 saturated carbocycles. The summed E-state index contributed by atoms with van der Waals surface area (Å²) in [5.41, 5.74) is 3.50. The average molecular weight is 494 g/mol. The van der Waals surface area contributed by atoms with Crippen LogP contribution in [0, 0.1) is 11.3 Å². The molecule has 1 aliphatic carbocycles. The van der Waals surface area contributed by atoms with E-state index in [9.17, 15) is 15.2 Å². The van der Waals surface area contributed by atoms with Gasteiger partial charge in [-0.25, -0.2) is 9.80 Å². The Balaban J connectivity index is 1.43. The van der Waals surface area contributed by atoms with Crippen LogP contribution in [0.25, 0.3) is 0 Å². The summed E-state index contributed by atoms with van der Waals surface area (Å²) in [6, 6.07) is 19.7. The van der Waals surface area contributed by atoms with Crippen LogP contribution in [0.2, 0.25) is 0 Å². The van der Waals surface area contributed by atoms with Gasteiger partial charge in [-0.15, -0.1) is 11.8 Å². The molecule has 36 heavy (non-hydrogen) atoms. The molecule has 1 aliphatic heterocycles. The van der Waals surface area contributed by atoms with Gasteiger partial charge in [0.2, 0.25) is 0 Å². The number of carbonyl (C=O) groups excluding carboxylic acids is 1. The third kappa shape index (κ3) is 4.88. The zero-order chi connectivity index (χ0) is 24.9. The molecule has 0 saturated heterocycles. The van der Waals surface area contributed by atoms with E-state index in [1.165, 1.54) is 5.01 Å². The lowest BCUT2D eigenvalue weighted by Gasteiger charge is -2.24. The number of phenolic OH excluding ortho intramolecular Hbond substituents is 1. The van der Waals surface area contributed by atoms with Crippen LogP contribution in [0.1, 0.15) is 30.0 Å². The summed E-state index contributed by atoms with van der Waals surface area (Å²) in [7, 11) is 0. The molecular weight excluding hydrogens is 470 g/mol. The van der Waals surface area contributed by atoms with Crippen molar-refractivity contribution in [3.63, 3.8) is 0 Å². The van der Waals surface area contributed by atoms with Crippen molar-refractivity contribution in [2.75, 3.05) is 5.32 Å². The molecule has 2 N–H and O–H groups in total. The van der Waals surface area contributed by atoms with Gasteiger partial charge < -0.3 is 10.4 Å². The third-order valence-electron chi connectivity index (χ3n) is 6.04. The van der Waals surface area contributed by atoms with Gasteiger partial charge in [0.1, 0.15) is 5.75 Å². The van der Waals surface area contributed by atoms with Crippen LogP contribution in [0.15, 0.2) is 107 Å². The molecular formula is C28H23N5O2S. The molecule has 178 valence electrons. The van der Waals surface area contributed by atoms with Crippen LogP contribution in [0.4, 0.5) is 10.5 Å². The van der Waals surface area contributed by atoms with Gasteiger partial charge in [-0.05, 0) is 36.8 Å². The average Bonchev–Trinajstić information content (AvgIpc) is 3.36. The molecule has 2 aromatic carbocycles. The fraction of sp³-hybridized carbons (Fsp3) is 0.143. The van der Waals surface area contributed by atoms with Crippen LogP contribution < -0.4 is 5.32 Å². The number of urea groups is 1. The number of phenols is 1. The highest BCUT2D eigenvalue weighted by atomic mass is 32.2. The van der Waals surface area contributed by atoms with E-state index in [1.807, 2.05) is 60.7 Å². The quantitative estimate of drug-likeness (QED) is 0.451. The van der Waals surface area contributed by atoms with Crippen LogP contribution in [-0.4, -0.2) is 32.1 Å². The van der Waals surface area contributed by atoms with Crippen molar-refractivity contribution in [3.8, 4) is 11.8 Å². The van der Waals surface area contributed by atoms with Gasteiger partial charge in [0.15, 0.2) is 0 Å². The molecule has 0 spiro atoms. The van der Waals surface area contributed by atoms with E-state index >= 15 is 0 Å². The first-order valence-electron chi connectivity index (χ1n) is 11.5. The predicted octanol–water partition coefficient (Wildman–Crippen LogP) is 6.04. The van der Waals surface area contributed by atoms with Crippen molar-refractivity contribution < 1.29 is 9.90 Å². The van der Waals surface area contributed by atoms with Crippen molar-refractivity contribution in [3.05, 3.63) is 108 Å². The Kier molecular flexibility index (Phi) is 6.83. The van der Waals surface area contributed by atoms with E-state index < -0.39 is 12.1 Å². The standard InChI is InChI=1S/C28H23N5O2S/c29-17-19-8-1-5-13-26(19)36-27-14-6-3-11-22(27)31-28(35)33-24(21-10-2-4-12-25(21)34)16-23(32-33)20-9-7-15-30-18-20/h1-12,14-15,18,24,26,34H,13,16H2,(H,31,35). The van der Waals surface area contributed by atoms with E-state index in [-0.39, 0.29) is 11.0 Å². The molecule has 0 fully saturated rings. The molecule has 2 unspecified atom stereocenters. The van der Waals surface area contributed by atoms with Gasteiger partial charge in [-0.2, -0.15) is 10.4 Å². The van der Waals surface area contributed by atoms with Gasteiger partial charge in [-0.1, -0.05) is 48.6 Å². The summed E-state index contributed by atoms with van der Waals surface area (Å²) >= 11 is 1.55. The Morgan fingerprint density at radius 1 is 1.14 bits per heavy atom. The number of anilines is 1. The summed E-state index contributed by atoms with van der Waals surface area (Å²) in [5.74, 6) is 0.111. The lowest BCUT2D eigenvalue weighted by molar-refractivity contribution is 0.199. The zero-order valence-corrected chi connectivity index (χ0v) is 20.1. The zero-order valence-electron chi connectivity index (χ0n) is 19.3. The summed E-state index contributed by atoms with van der Waals surface area (Å²) < 4.78 is 0. The molecule has 2 atom stereocenters. The number of rotatable bonds is 5. The monoisotopic (exact) mass is 493 g/mol. The van der Waals surface area contributed by atoms with E-state index in [0.717, 1.165) is 16.9 Å². The number of nitrogens with one attached hydrogen (secondary N) is 1.